The normalized spacial score (nSPS) is 16.2. The third-order valence-electron chi connectivity index (χ3n) is 6.25. The summed E-state index contributed by atoms with van der Waals surface area (Å²) in [6.07, 6.45) is 1.96. The lowest BCUT2D eigenvalue weighted by Crippen LogP contribution is -2.44. The Kier molecular flexibility index (Phi) is 7.43. The number of carbonyl (C=O) groups is 1. The molecular weight excluding hydrogens is 422 g/mol. The van der Waals surface area contributed by atoms with E-state index in [9.17, 15) is 13.2 Å². The molecule has 1 saturated heterocycles. The van der Waals surface area contributed by atoms with Gasteiger partial charge in [0.2, 0.25) is 10.0 Å². The van der Waals surface area contributed by atoms with Crippen LogP contribution in [0.5, 0.6) is 0 Å². The maximum absolute atomic E-state index is 12.8. The average Bonchev–Trinajstić information content (AvgIpc) is 2.77. The zero-order chi connectivity index (χ0) is 23.5. The van der Waals surface area contributed by atoms with E-state index in [-0.39, 0.29) is 28.8 Å². The van der Waals surface area contributed by atoms with Crippen molar-refractivity contribution in [2.24, 2.45) is 0 Å². The van der Waals surface area contributed by atoms with Crippen LogP contribution in [-0.4, -0.2) is 57.4 Å². The summed E-state index contributed by atoms with van der Waals surface area (Å²) < 4.78 is 28.0. The summed E-state index contributed by atoms with van der Waals surface area (Å²) in [7, 11) is 0.361. The van der Waals surface area contributed by atoms with E-state index < -0.39 is 10.0 Å². The second-order valence-corrected chi connectivity index (χ2v) is 11.5. The fraction of sp³-hybridized carbons (Fsp3) is 0.480. The lowest BCUT2D eigenvalue weighted by Gasteiger charge is -2.35. The summed E-state index contributed by atoms with van der Waals surface area (Å²) in [5, 5.41) is 0. The Morgan fingerprint density at radius 2 is 1.59 bits per heavy atom. The van der Waals surface area contributed by atoms with Gasteiger partial charge in [-0.1, -0.05) is 45.0 Å². The largest absolute Gasteiger partial charge is 0.339 e. The molecule has 1 aliphatic heterocycles. The Morgan fingerprint density at radius 1 is 1.03 bits per heavy atom. The molecule has 0 aromatic heterocycles. The van der Waals surface area contributed by atoms with Crippen LogP contribution in [0, 0.1) is 0 Å². The summed E-state index contributed by atoms with van der Waals surface area (Å²) in [4.78, 5) is 17.2. The minimum atomic E-state index is -3.61. The Labute approximate surface area is 192 Å². The SMILES string of the molecule is CN1CCC(N(C)C(=O)c2ccc(CNS(=O)(=O)c3ccc(C(C)(C)C)cc3)cc2)CC1. The maximum Gasteiger partial charge on any atom is 0.253 e. The molecule has 0 saturated carbocycles. The standard InChI is InChI=1S/C25H35N3O3S/c1-25(2,3)21-10-12-23(13-11-21)32(30,31)26-18-19-6-8-20(9-7-19)24(29)28(5)22-14-16-27(4)17-15-22/h6-13,22,26H,14-18H2,1-5H3. The number of hydrogen-bond acceptors (Lipinski definition) is 4. The zero-order valence-electron chi connectivity index (χ0n) is 19.8. The molecule has 1 aliphatic rings. The minimum absolute atomic E-state index is 0.00521. The Bertz CT molecular complexity index is 1020. The predicted octanol–water partition coefficient (Wildman–Crippen LogP) is 3.63. The minimum Gasteiger partial charge on any atom is -0.339 e. The molecule has 1 fully saturated rings. The molecule has 0 atom stereocenters. The van der Waals surface area contributed by atoms with Gasteiger partial charge in [-0.25, -0.2) is 13.1 Å². The van der Waals surface area contributed by atoms with Crippen molar-refractivity contribution in [3.63, 3.8) is 0 Å². The summed E-state index contributed by atoms with van der Waals surface area (Å²) in [6.45, 7) is 8.45. The molecule has 0 spiro atoms. The number of sulfonamides is 1. The molecular formula is C25H35N3O3S. The van der Waals surface area contributed by atoms with Gasteiger partial charge in [-0.2, -0.15) is 0 Å². The van der Waals surface area contributed by atoms with Gasteiger partial charge in [0.25, 0.3) is 5.91 Å². The van der Waals surface area contributed by atoms with E-state index >= 15 is 0 Å². The van der Waals surface area contributed by atoms with Crippen molar-refractivity contribution in [3.05, 3.63) is 65.2 Å². The van der Waals surface area contributed by atoms with Crippen molar-refractivity contribution in [1.82, 2.24) is 14.5 Å². The second kappa shape index (κ2) is 9.73. The molecule has 1 amide bonds. The van der Waals surface area contributed by atoms with Crippen molar-refractivity contribution in [1.29, 1.82) is 0 Å². The van der Waals surface area contributed by atoms with E-state index in [0.717, 1.165) is 37.1 Å². The van der Waals surface area contributed by atoms with E-state index in [2.05, 4.69) is 37.4 Å². The highest BCUT2D eigenvalue weighted by molar-refractivity contribution is 7.89. The molecule has 0 aliphatic carbocycles. The number of likely N-dealkylation sites (tertiary alicyclic amines) is 1. The Hall–Kier alpha value is -2.22. The number of amides is 1. The molecule has 2 aromatic rings. The van der Waals surface area contributed by atoms with Crippen LogP contribution in [0.3, 0.4) is 0 Å². The van der Waals surface area contributed by atoms with Gasteiger partial charge in [0.1, 0.15) is 0 Å². The first-order chi connectivity index (χ1) is 15.0. The first-order valence-corrected chi connectivity index (χ1v) is 12.6. The van der Waals surface area contributed by atoms with Crippen molar-refractivity contribution in [2.75, 3.05) is 27.2 Å². The predicted molar refractivity (Wildman–Crippen MR) is 128 cm³/mol. The first kappa shape index (κ1) is 24.4. The molecule has 32 heavy (non-hydrogen) atoms. The van der Waals surface area contributed by atoms with Gasteiger partial charge in [-0.3, -0.25) is 4.79 Å². The van der Waals surface area contributed by atoms with Gasteiger partial charge in [-0.05, 0) is 73.8 Å². The van der Waals surface area contributed by atoms with Crippen molar-refractivity contribution in [3.8, 4) is 0 Å². The van der Waals surface area contributed by atoms with Gasteiger partial charge < -0.3 is 9.80 Å². The summed E-state index contributed by atoms with van der Waals surface area (Å²) in [5.74, 6) is 0.00521. The number of hydrogen-bond donors (Lipinski definition) is 1. The molecule has 0 unspecified atom stereocenters. The molecule has 6 nitrogen and oxygen atoms in total. The van der Waals surface area contributed by atoms with Gasteiger partial charge in [0.15, 0.2) is 0 Å². The molecule has 0 bridgehead atoms. The summed E-state index contributed by atoms with van der Waals surface area (Å²) in [6, 6.07) is 14.4. The number of rotatable bonds is 6. The average molecular weight is 458 g/mol. The molecule has 3 rings (SSSR count). The lowest BCUT2D eigenvalue weighted by molar-refractivity contribution is 0.0659. The number of carbonyl (C=O) groups excluding carboxylic acids is 1. The van der Waals surface area contributed by atoms with Gasteiger partial charge >= 0.3 is 0 Å². The van der Waals surface area contributed by atoms with Crippen molar-refractivity contribution in [2.45, 2.75) is 56.5 Å². The van der Waals surface area contributed by atoms with Crippen LogP contribution in [0.25, 0.3) is 0 Å². The van der Waals surface area contributed by atoms with Gasteiger partial charge in [0.05, 0.1) is 4.90 Å². The highest BCUT2D eigenvalue weighted by atomic mass is 32.2. The maximum atomic E-state index is 12.8. The summed E-state index contributed by atoms with van der Waals surface area (Å²) in [5.41, 5.74) is 2.48. The monoisotopic (exact) mass is 457 g/mol. The van der Waals surface area contributed by atoms with E-state index in [1.54, 1.807) is 36.4 Å². The van der Waals surface area contributed by atoms with Crippen LogP contribution in [0.15, 0.2) is 53.4 Å². The molecule has 2 aromatic carbocycles. The zero-order valence-corrected chi connectivity index (χ0v) is 20.6. The lowest BCUT2D eigenvalue weighted by atomic mass is 9.87. The summed E-state index contributed by atoms with van der Waals surface area (Å²) >= 11 is 0. The third kappa shape index (κ3) is 5.97. The van der Waals surface area contributed by atoms with Gasteiger partial charge in [0, 0.05) is 25.2 Å². The van der Waals surface area contributed by atoms with Crippen LogP contribution < -0.4 is 4.72 Å². The second-order valence-electron chi connectivity index (χ2n) is 9.75. The first-order valence-electron chi connectivity index (χ1n) is 11.1. The van der Waals surface area contributed by atoms with Crippen LogP contribution in [0.4, 0.5) is 0 Å². The molecule has 0 radical (unpaired) electrons. The number of benzene rings is 2. The number of nitrogens with zero attached hydrogens (tertiary/aromatic N) is 2. The quantitative estimate of drug-likeness (QED) is 0.719. The molecule has 1 heterocycles. The third-order valence-corrected chi connectivity index (χ3v) is 7.67. The number of nitrogens with one attached hydrogen (secondary N) is 1. The van der Waals surface area contributed by atoms with E-state index in [0.29, 0.717) is 5.56 Å². The molecule has 174 valence electrons. The van der Waals surface area contributed by atoms with Crippen LogP contribution in [0.2, 0.25) is 0 Å². The van der Waals surface area contributed by atoms with Gasteiger partial charge in [-0.15, -0.1) is 0 Å². The van der Waals surface area contributed by atoms with Crippen molar-refractivity contribution >= 4 is 15.9 Å². The fourth-order valence-corrected chi connectivity index (χ4v) is 4.93. The van der Waals surface area contributed by atoms with E-state index in [1.807, 2.05) is 24.1 Å². The Morgan fingerprint density at radius 3 is 2.12 bits per heavy atom. The van der Waals surface area contributed by atoms with Crippen molar-refractivity contribution < 1.29 is 13.2 Å². The van der Waals surface area contributed by atoms with Crippen LogP contribution >= 0.6 is 0 Å². The molecule has 7 heteroatoms. The van der Waals surface area contributed by atoms with Crippen LogP contribution in [0.1, 0.15) is 55.1 Å². The topological polar surface area (TPSA) is 69.7 Å². The smallest absolute Gasteiger partial charge is 0.253 e. The fourth-order valence-electron chi connectivity index (χ4n) is 3.91. The highest BCUT2D eigenvalue weighted by Gasteiger charge is 2.24. The highest BCUT2D eigenvalue weighted by Crippen LogP contribution is 2.23. The van der Waals surface area contributed by atoms with Crippen LogP contribution in [-0.2, 0) is 22.0 Å². The Balaban J connectivity index is 1.60. The van der Waals surface area contributed by atoms with E-state index in [4.69, 9.17) is 0 Å². The molecule has 1 N–H and O–H groups in total. The number of piperidine rings is 1. The van der Waals surface area contributed by atoms with E-state index in [1.165, 1.54) is 0 Å².